The third kappa shape index (κ3) is 1.55. The second-order valence-electron chi connectivity index (χ2n) is 4.88. The number of aryl methyl sites for hydroxylation is 1. The Morgan fingerprint density at radius 3 is 2.73 bits per heavy atom. The molecule has 0 aliphatic heterocycles. The maximum Gasteiger partial charge on any atom is 0.0127 e. The summed E-state index contributed by atoms with van der Waals surface area (Å²) >= 11 is 2.09. The molecule has 0 bridgehead atoms. The van der Waals surface area contributed by atoms with Crippen molar-refractivity contribution >= 4 is 11.3 Å². The highest BCUT2D eigenvalue weighted by molar-refractivity contribution is 7.12. The van der Waals surface area contributed by atoms with E-state index in [0.29, 0.717) is 5.92 Å². The molecule has 0 spiro atoms. The maximum absolute atomic E-state index is 5.88. The van der Waals surface area contributed by atoms with Crippen molar-refractivity contribution in [1.29, 1.82) is 0 Å². The molecule has 1 aromatic heterocycles. The minimum absolute atomic E-state index is 0.685. The van der Waals surface area contributed by atoms with E-state index >= 15 is 0 Å². The highest BCUT2D eigenvalue weighted by Crippen LogP contribution is 2.42. The summed E-state index contributed by atoms with van der Waals surface area (Å²) in [5.74, 6) is 0.685. The highest BCUT2D eigenvalue weighted by atomic mass is 32.1. The SMILES string of the molecule is NCC1CCCc2c1sc1c2CCCC1. The van der Waals surface area contributed by atoms with Gasteiger partial charge in [0.25, 0.3) is 0 Å². The molecule has 0 aromatic carbocycles. The number of nitrogens with two attached hydrogens (primary N) is 1. The van der Waals surface area contributed by atoms with Crippen LogP contribution in [0.25, 0.3) is 0 Å². The number of hydrogen-bond acceptors (Lipinski definition) is 2. The summed E-state index contributed by atoms with van der Waals surface area (Å²) in [5, 5.41) is 0. The van der Waals surface area contributed by atoms with E-state index in [0.717, 1.165) is 6.54 Å². The predicted octanol–water partition coefficient (Wildman–Crippen LogP) is 3.01. The summed E-state index contributed by atoms with van der Waals surface area (Å²) in [6.45, 7) is 0.854. The van der Waals surface area contributed by atoms with Crippen LogP contribution in [0, 0.1) is 0 Å². The smallest absolute Gasteiger partial charge is 0.0127 e. The molecular weight excluding hydrogens is 202 g/mol. The first kappa shape index (κ1) is 9.86. The van der Waals surface area contributed by atoms with Gasteiger partial charge in [0.05, 0.1) is 0 Å². The highest BCUT2D eigenvalue weighted by Gasteiger charge is 2.27. The van der Waals surface area contributed by atoms with Crippen LogP contribution in [0.2, 0.25) is 0 Å². The monoisotopic (exact) mass is 221 g/mol. The van der Waals surface area contributed by atoms with Gasteiger partial charge in [-0.1, -0.05) is 0 Å². The Morgan fingerprint density at radius 1 is 1.07 bits per heavy atom. The topological polar surface area (TPSA) is 26.0 Å². The van der Waals surface area contributed by atoms with Crippen LogP contribution in [-0.2, 0) is 19.3 Å². The Hall–Kier alpha value is -0.340. The van der Waals surface area contributed by atoms with Crippen LogP contribution in [0.5, 0.6) is 0 Å². The van der Waals surface area contributed by atoms with Gasteiger partial charge in [0.1, 0.15) is 0 Å². The minimum Gasteiger partial charge on any atom is -0.330 e. The van der Waals surface area contributed by atoms with E-state index in [-0.39, 0.29) is 0 Å². The number of fused-ring (bicyclic) bond motifs is 3. The van der Waals surface area contributed by atoms with Gasteiger partial charge in [0, 0.05) is 15.7 Å². The molecule has 2 aliphatic carbocycles. The van der Waals surface area contributed by atoms with E-state index in [1.165, 1.54) is 44.9 Å². The Morgan fingerprint density at radius 2 is 1.87 bits per heavy atom. The normalized spacial score (nSPS) is 24.7. The van der Waals surface area contributed by atoms with Gasteiger partial charge in [-0.15, -0.1) is 11.3 Å². The van der Waals surface area contributed by atoms with Gasteiger partial charge in [-0.3, -0.25) is 0 Å². The van der Waals surface area contributed by atoms with Gasteiger partial charge in [-0.25, -0.2) is 0 Å². The van der Waals surface area contributed by atoms with Crippen molar-refractivity contribution in [3.63, 3.8) is 0 Å². The average Bonchev–Trinajstić information content (AvgIpc) is 2.67. The third-order valence-corrected chi connectivity index (χ3v) is 5.44. The van der Waals surface area contributed by atoms with Gasteiger partial charge >= 0.3 is 0 Å². The lowest BCUT2D eigenvalue weighted by Gasteiger charge is -2.21. The molecule has 1 unspecified atom stereocenters. The molecule has 15 heavy (non-hydrogen) atoms. The van der Waals surface area contributed by atoms with Gasteiger partial charge in [-0.05, 0) is 62.6 Å². The fourth-order valence-corrected chi connectivity index (χ4v) is 4.73. The molecule has 2 heteroatoms. The first-order valence-corrected chi connectivity index (χ1v) is 7.05. The molecule has 1 nitrogen and oxygen atoms in total. The molecule has 2 N–H and O–H groups in total. The van der Waals surface area contributed by atoms with Crippen LogP contribution in [0.4, 0.5) is 0 Å². The maximum atomic E-state index is 5.88. The first-order chi connectivity index (χ1) is 7.40. The lowest BCUT2D eigenvalue weighted by atomic mass is 9.84. The molecular formula is C13H19NS. The van der Waals surface area contributed by atoms with Crippen LogP contribution >= 0.6 is 11.3 Å². The molecule has 1 atom stereocenters. The summed E-state index contributed by atoms with van der Waals surface area (Å²) in [4.78, 5) is 3.36. The molecule has 0 saturated carbocycles. The fraction of sp³-hybridized carbons (Fsp3) is 0.692. The molecule has 0 saturated heterocycles. The van der Waals surface area contributed by atoms with Gasteiger partial charge in [0.2, 0.25) is 0 Å². The van der Waals surface area contributed by atoms with Crippen molar-refractivity contribution < 1.29 is 0 Å². The van der Waals surface area contributed by atoms with E-state index in [4.69, 9.17) is 5.73 Å². The lowest BCUT2D eigenvalue weighted by molar-refractivity contribution is 0.566. The van der Waals surface area contributed by atoms with Crippen molar-refractivity contribution in [2.45, 2.75) is 50.9 Å². The van der Waals surface area contributed by atoms with Crippen LogP contribution in [-0.4, -0.2) is 6.54 Å². The van der Waals surface area contributed by atoms with Crippen molar-refractivity contribution in [2.75, 3.05) is 6.54 Å². The second kappa shape index (κ2) is 3.91. The van der Waals surface area contributed by atoms with Gasteiger partial charge < -0.3 is 5.73 Å². The Kier molecular flexibility index (Phi) is 2.57. The average molecular weight is 221 g/mol. The molecule has 1 heterocycles. The van der Waals surface area contributed by atoms with Crippen LogP contribution < -0.4 is 5.73 Å². The standard InChI is InChI=1S/C13H19NS/c14-8-9-4-3-6-11-10-5-1-2-7-12(10)15-13(9)11/h9H,1-8,14H2. The summed E-state index contributed by atoms with van der Waals surface area (Å²) < 4.78 is 0. The second-order valence-corrected chi connectivity index (χ2v) is 6.02. The van der Waals surface area contributed by atoms with E-state index in [1.807, 2.05) is 0 Å². The number of hydrogen-bond donors (Lipinski definition) is 1. The Bertz CT molecular complexity index is 367. The molecule has 0 radical (unpaired) electrons. The van der Waals surface area contributed by atoms with Crippen molar-refractivity contribution in [3.05, 3.63) is 20.9 Å². The first-order valence-electron chi connectivity index (χ1n) is 6.23. The Labute approximate surface area is 95.7 Å². The van der Waals surface area contributed by atoms with Crippen molar-refractivity contribution in [3.8, 4) is 0 Å². The zero-order chi connectivity index (χ0) is 10.3. The molecule has 1 aromatic rings. The number of thiophene rings is 1. The lowest BCUT2D eigenvalue weighted by Crippen LogP contribution is -2.17. The zero-order valence-corrected chi connectivity index (χ0v) is 10.0. The molecule has 2 aliphatic rings. The predicted molar refractivity (Wildman–Crippen MR) is 65.7 cm³/mol. The van der Waals surface area contributed by atoms with E-state index < -0.39 is 0 Å². The van der Waals surface area contributed by atoms with E-state index in [2.05, 4.69) is 11.3 Å². The van der Waals surface area contributed by atoms with Crippen LogP contribution in [0.1, 0.15) is 52.5 Å². The van der Waals surface area contributed by atoms with E-state index in [9.17, 15) is 0 Å². The van der Waals surface area contributed by atoms with Crippen molar-refractivity contribution in [2.24, 2.45) is 5.73 Å². The Balaban J connectivity index is 2.06. The fourth-order valence-electron chi connectivity index (χ4n) is 3.14. The largest absolute Gasteiger partial charge is 0.330 e. The van der Waals surface area contributed by atoms with Crippen LogP contribution in [0.15, 0.2) is 0 Å². The molecule has 0 fully saturated rings. The van der Waals surface area contributed by atoms with Crippen molar-refractivity contribution in [1.82, 2.24) is 0 Å². The molecule has 0 amide bonds. The third-order valence-electron chi connectivity index (χ3n) is 3.95. The summed E-state index contributed by atoms with van der Waals surface area (Å²) in [6.07, 6.45) is 9.50. The number of rotatable bonds is 1. The van der Waals surface area contributed by atoms with Crippen LogP contribution in [0.3, 0.4) is 0 Å². The summed E-state index contributed by atoms with van der Waals surface area (Å²) in [7, 11) is 0. The molecule has 3 rings (SSSR count). The van der Waals surface area contributed by atoms with Gasteiger partial charge in [-0.2, -0.15) is 0 Å². The zero-order valence-electron chi connectivity index (χ0n) is 9.22. The molecule has 82 valence electrons. The van der Waals surface area contributed by atoms with E-state index in [1.54, 1.807) is 20.9 Å². The minimum atomic E-state index is 0.685. The summed E-state index contributed by atoms with van der Waals surface area (Å²) in [6, 6.07) is 0. The summed E-state index contributed by atoms with van der Waals surface area (Å²) in [5.41, 5.74) is 9.34. The quantitative estimate of drug-likeness (QED) is 0.775. The van der Waals surface area contributed by atoms with Gasteiger partial charge in [0.15, 0.2) is 0 Å².